The third-order valence-corrected chi connectivity index (χ3v) is 2.10. The SMILES string of the molecule is [CH]1CCCN1C1=NCCCN1. The topological polar surface area (TPSA) is 27.6 Å². The summed E-state index contributed by atoms with van der Waals surface area (Å²) in [5, 5.41) is 3.31. The molecule has 0 atom stereocenters. The molecule has 11 heavy (non-hydrogen) atoms. The molecule has 0 aliphatic carbocycles. The summed E-state index contributed by atoms with van der Waals surface area (Å²) >= 11 is 0. The minimum Gasteiger partial charge on any atom is -0.356 e. The number of aliphatic imine (C=N–C) groups is 1. The van der Waals surface area contributed by atoms with Crippen LogP contribution in [0.2, 0.25) is 0 Å². The van der Waals surface area contributed by atoms with E-state index in [0.717, 1.165) is 25.6 Å². The average Bonchev–Trinajstić information content (AvgIpc) is 2.58. The summed E-state index contributed by atoms with van der Waals surface area (Å²) in [7, 11) is 0. The highest BCUT2D eigenvalue weighted by Crippen LogP contribution is 2.12. The van der Waals surface area contributed by atoms with Gasteiger partial charge in [0.15, 0.2) is 5.96 Å². The Hall–Kier alpha value is -0.730. The Morgan fingerprint density at radius 2 is 2.45 bits per heavy atom. The highest BCUT2D eigenvalue weighted by atomic mass is 15.3. The number of hydrogen-bond donors (Lipinski definition) is 1. The molecule has 0 aromatic carbocycles. The molecular formula is C8H14N3. The third-order valence-electron chi connectivity index (χ3n) is 2.10. The molecule has 2 aliphatic rings. The average molecular weight is 152 g/mol. The van der Waals surface area contributed by atoms with Crippen molar-refractivity contribution in [2.24, 2.45) is 4.99 Å². The van der Waals surface area contributed by atoms with Gasteiger partial charge in [-0.15, -0.1) is 0 Å². The summed E-state index contributed by atoms with van der Waals surface area (Å²) in [5.74, 6) is 1.09. The summed E-state index contributed by atoms with van der Waals surface area (Å²) in [6.07, 6.45) is 3.67. The van der Waals surface area contributed by atoms with Crippen LogP contribution in [0.25, 0.3) is 0 Å². The molecule has 3 nitrogen and oxygen atoms in total. The molecule has 1 N–H and O–H groups in total. The van der Waals surface area contributed by atoms with Crippen LogP contribution in [0.15, 0.2) is 4.99 Å². The molecule has 2 heterocycles. The Morgan fingerprint density at radius 3 is 3.09 bits per heavy atom. The van der Waals surface area contributed by atoms with Crippen LogP contribution >= 0.6 is 0 Å². The minimum absolute atomic E-state index is 0.993. The maximum atomic E-state index is 4.41. The molecule has 0 aromatic heterocycles. The monoisotopic (exact) mass is 152 g/mol. The molecule has 1 radical (unpaired) electrons. The van der Waals surface area contributed by atoms with Crippen molar-refractivity contribution in [3.8, 4) is 0 Å². The number of nitrogens with one attached hydrogen (secondary N) is 1. The van der Waals surface area contributed by atoms with Gasteiger partial charge in [-0.2, -0.15) is 0 Å². The van der Waals surface area contributed by atoms with Gasteiger partial charge in [0.1, 0.15) is 0 Å². The molecule has 1 fully saturated rings. The quantitative estimate of drug-likeness (QED) is 0.550. The fourth-order valence-electron chi connectivity index (χ4n) is 1.50. The fraction of sp³-hybridized carbons (Fsp3) is 0.750. The third kappa shape index (κ3) is 1.47. The van der Waals surface area contributed by atoms with Gasteiger partial charge in [-0.05, 0) is 19.3 Å². The van der Waals surface area contributed by atoms with Gasteiger partial charge < -0.3 is 10.2 Å². The largest absolute Gasteiger partial charge is 0.356 e. The maximum Gasteiger partial charge on any atom is 0.194 e. The van der Waals surface area contributed by atoms with Gasteiger partial charge in [-0.3, -0.25) is 4.99 Å². The Balaban J connectivity index is 1.96. The van der Waals surface area contributed by atoms with Crippen LogP contribution in [-0.4, -0.2) is 30.5 Å². The Kier molecular flexibility index (Phi) is 1.97. The van der Waals surface area contributed by atoms with Gasteiger partial charge in [-0.25, -0.2) is 0 Å². The van der Waals surface area contributed by atoms with Crippen LogP contribution in [0.3, 0.4) is 0 Å². The van der Waals surface area contributed by atoms with Crippen molar-refractivity contribution in [2.45, 2.75) is 19.3 Å². The highest BCUT2D eigenvalue weighted by molar-refractivity contribution is 5.81. The van der Waals surface area contributed by atoms with Gasteiger partial charge in [0.2, 0.25) is 0 Å². The predicted octanol–water partition coefficient (Wildman–Crippen LogP) is 0.593. The zero-order valence-electron chi connectivity index (χ0n) is 6.71. The van der Waals surface area contributed by atoms with E-state index in [0.29, 0.717) is 0 Å². The standard InChI is InChI=1S/C8H14N3/c1-2-7-11(6-1)8-9-4-3-5-10-8/h6H,1-5,7H2,(H,9,10). The fourth-order valence-corrected chi connectivity index (χ4v) is 1.50. The van der Waals surface area contributed by atoms with Crippen molar-refractivity contribution in [2.75, 3.05) is 19.6 Å². The number of likely N-dealkylation sites (tertiary alicyclic amines) is 1. The smallest absolute Gasteiger partial charge is 0.194 e. The van der Waals surface area contributed by atoms with Crippen molar-refractivity contribution in [3.63, 3.8) is 0 Å². The van der Waals surface area contributed by atoms with Gasteiger partial charge >= 0.3 is 0 Å². The number of nitrogens with zero attached hydrogens (tertiary/aromatic N) is 2. The molecular weight excluding hydrogens is 138 g/mol. The van der Waals surface area contributed by atoms with Crippen LogP contribution in [0.4, 0.5) is 0 Å². The molecule has 0 amide bonds. The zero-order chi connectivity index (χ0) is 7.52. The van der Waals surface area contributed by atoms with E-state index >= 15 is 0 Å². The predicted molar refractivity (Wildman–Crippen MR) is 45.2 cm³/mol. The summed E-state index contributed by atoms with van der Waals surface area (Å²) in [6, 6.07) is 0. The zero-order valence-corrected chi connectivity index (χ0v) is 6.71. The molecule has 61 valence electrons. The van der Waals surface area contributed by atoms with Crippen molar-refractivity contribution in [1.82, 2.24) is 10.2 Å². The van der Waals surface area contributed by atoms with Gasteiger partial charge in [0.25, 0.3) is 0 Å². The second-order valence-corrected chi connectivity index (χ2v) is 3.00. The van der Waals surface area contributed by atoms with Crippen molar-refractivity contribution in [1.29, 1.82) is 0 Å². The van der Waals surface area contributed by atoms with E-state index in [-0.39, 0.29) is 0 Å². The lowest BCUT2D eigenvalue weighted by Gasteiger charge is -2.23. The first-order chi connectivity index (χ1) is 5.47. The number of hydrogen-bond acceptors (Lipinski definition) is 3. The molecule has 0 saturated carbocycles. The molecule has 0 spiro atoms. The Labute approximate surface area is 67.5 Å². The second-order valence-electron chi connectivity index (χ2n) is 3.00. The van der Waals surface area contributed by atoms with Crippen LogP contribution in [-0.2, 0) is 0 Å². The van der Waals surface area contributed by atoms with E-state index < -0.39 is 0 Å². The Morgan fingerprint density at radius 1 is 1.45 bits per heavy atom. The first-order valence-electron chi connectivity index (χ1n) is 4.35. The first-order valence-corrected chi connectivity index (χ1v) is 4.35. The van der Waals surface area contributed by atoms with Crippen LogP contribution in [0.1, 0.15) is 19.3 Å². The maximum absolute atomic E-state index is 4.41. The van der Waals surface area contributed by atoms with Crippen LogP contribution in [0, 0.1) is 6.54 Å². The summed E-state index contributed by atoms with van der Waals surface area (Å²) in [5.41, 5.74) is 0. The Bertz CT molecular complexity index is 159. The molecule has 1 saturated heterocycles. The summed E-state index contributed by atoms with van der Waals surface area (Å²) < 4.78 is 0. The summed E-state index contributed by atoms with van der Waals surface area (Å²) in [4.78, 5) is 6.65. The van der Waals surface area contributed by atoms with Crippen molar-refractivity contribution >= 4 is 5.96 Å². The molecule has 2 rings (SSSR count). The van der Waals surface area contributed by atoms with Gasteiger partial charge in [-0.1, -0.05) is 0 Å². The normalized spacial score (nSPS) is 24.7. The lowest BCUT2D eigenvalue weighted by molar-refractivity contribution is 0.530. The van der Waals surface area contributed by atoms with E-state index in [1.54, 1.807) is 0 Å². The molecule has 2 aliphatic heterocycles. The molecule has 0 unspecified atom stereocenters. The molecule has 0 bridgehead atoms. The molecule has 3 heteroatoms. The van der Waals surface area contributed by atoms with E-state index in [9.17, 15) is 0 Å². The van der Waals surface area contributed by atoms with E-state index in [2.05, 4.69) is 21.8 Å². The molecule has 0 aromatic rings. The lowest BCUT2D eigenvalue weighted by atomic mass is 10.4. The van der Waals surface area contributed by atoms with E-state index in [1.807, 2.05) is 0 Å². The number of rotatable bonds is 0. The lowest BCUT2D eigenvalue weighted by Crippen LogP contribution is -2.41. The van der Waals surface area contributed by atoms with Gasteiger partial charge in [0.05, 0.1) is 6.54 Å². The van der Waals surface area contributed by atoms with Crippen LogP contribution in [0.5, 0.6) is 0 Å². The van der Waals surface area contributed by atoms with Crippen molar-refractivity contribution in [3.05, 3.63) is 6.54 Å². The van der Waals surface area contributed by atoms with E-state index in [1.165, 1.54) is 19.3 Å². The second kappa shape index (κ2) is 3.11. The first kappa shape index (κ1) is 6.95. The van der Waals surface area contributed by atoms with Crippen LogP contribution < -0.4 is 5.32 Å². The highest BCUT2D eigenvalue weighted by Gasteiger charge is 2.17. The minimum atomic E-state index is 0.993. The van der Waals surface area contributed by atoms with E-state index in [4.69, 9.17) is 0 Å². The number of guanidine groups is 1. The van der Waals surface area contributed by atoms with Gasteiger partial charge in [0, 0.05) is 19.6 Å². The summed E-state index contributed by atoms with van der Waals surface area (Å²) in [6.45, 7) is 5.46. The van der Waals surface area contributed by atoms with Crippen molar-refractivity contribution < 1.29 is 0 Å².